The topological polar surface area (TPSA) is 115 Å². The molecule has 0 saturated heterocycles. The molecule has 1 aliphatic heterocycles. The lowest BCUT2D eigenvalue weighted by Gasteiger charge is -2.17. The van der Waals surface area contributed by atoms with Gasteiger partial charge in [-0.05, 0) is 36.4 Å². The standard InChI is InChI=1S/C30H20N2O6S2/c33-32(34)29-17-19-30(20-18-29)40(37,38)31-21-5-13-25-9-1-3-11-27(25)15-7-23-39(35,36)24-8-16-28-12-4-2-10-26(28)14-6-22-31/h1-4,9-12,17-20H,21-24H2. The first-order valence-electron chi connectivity index (χ1n) is 11.7. The van der Waals surface area contributed by atoms with E-state index in [0.29, 0.717) is 22.3 Å². The molecule has 0 saturated carbocycles. The molecule has 0 radical (unpaired) electrons. The first-order valence-corrected chi connectivity index (χ1v) is 15.0. The minimum atomic E-state index is -4.12. The Hall–Kier alpha value is -4.84. The van der Waals surface area contributed by atoms with Crippen molar-refractivity contribution in [2.24, 2.45) is 0 Å². The average molecular weight is 569 g/mol. The fraction of sp³-hybridized carbons (Fsp3) is 0.133. The SMILES string of the molecule is O=[N+]([O-])c1ccc(S(=O)(=O)N2CC#Cc3ccccc3C#CCS(=O)(=O)CC#Cc3ccccc3C#CC2)cc1. The number of sulfone groups is 1. The Morgan fingerprint density at radius 3 is 1.48 bits per heavy atom. The van der Waals surface area contributed by atoms with E-state index in [1.165, 1.54) is 12.1 Å². The van der Waals surface area contributed by atoms with Crippen LogP contribution in [0.15, 0.2) is 77.7 Å². The summed E-state index contributed by atoms with van der Waals surface area (Å²) in [5, 5.41) is 11.0. The van der Waals surface area contributed by atoms with Gasteiger partial charge in [0.1, 0.15) is 11.5 Å². The number of non-ortho nitro benzene ring substituents is 1. The Bertz CT molecular complexity index is 1840. The number of rotatable bonds is 3. The van der Waals surface area contributed by atoms with Crippen LogP contribution in [0.25, 0.3) is 0 Å². The summed E-state index contributed by atoms with van der Waals surface area (Å²) in [7, 11) is -7.67. The molecule has 10 heteroatoms. The van der Waals surface area contributed by atoms with Gasteiger partial charge in [-0.25, -0.2) is 16.8 Å². The van der Waals surface area contributed by atoms with Crippen LogP contribution in [0.1, 0.15) is 22.3 Å². The predicted octanol–water partition coefficient (Wildman–Crippen LogP) is 2.82. The Kier molecular flexibility index (Phi) is 8.70. The van der Waals surface area contributed by atoms with E-state index in [0.717, 1.165) is 16.4 Å². The van der Waals surface area contributed by atoms with Crippen LogP contribution in [0.3, 0.4) is 0 Å². The highest BCUT2D eigenvalue weighted by molar-refractivity contribution is 7.91. The number of hydrogen-bond acceptors (Lipinski definition) is 6. The lowest BCUT2D eigenvalue weighted by Crippen LogP contribution is -2.32. The van der Waals surface area contributed by atoms with Crippen molar-refractivity contribution in [3.63, 3.8) is 0 Å². The zero-order chi connectivity index (χ0) is 28.6. The minimum absolute atomic E-state index is 0.136. The molecule has 3 aromatic carbocycles. The number of fused-ring (bicyclic) bond motifs is 2. The van der Waals surface area contributed by atoms with Crippen molar-refractivity contribution in [1.29, 1.82) is 0 Å². The van der Waals surface area contributed by atoms with E-state index in [1.807, 2.05) is 0 Å². The molecule has 0 aromatic heterocycles. The summed E-state index contributed by atoms with van der Waals surface area (Å²) in [4.78, 5) is 10.3. The molecule has 1 heterocycles. The largest absolute Gasteiger partial charge is 0.269 e. The van der Waals surface area contributed by atoms with Gasteiger partial charge in [0.05, 0.1) is 22.9 Å². The number of hydrogen-bond donors (Lipinski definition) is 0. The molecule has 0 amide bonds. The van der Waals surface area contributed by atoms with E-state index >= 15 is 0 Å². The number of nitro benzene ring substituents is 1. The summed E-state index contributed by atoms with van der Waals surface area (Å²) in [5.41, 5.74) is 1.76. The summed E-state index contributed by atoms with van der Waals surface area (Å²) in [6.45, 7) is -0.461. The van der Waals surface area contributed by atoms with Crippen molar-refractivity contribution in [2.45, 2.75) is 4.90 Å². The van der Waals surface area contributed by atoms with Gasteiger partial charge in [-0.1, -0.05) is 71.6 Å². The van der Waals surface area contributed by atoms with Crippen molar-refractivity contribution < 1.29 is 21.8 Å². The monoisotopic (exact) mass is 568 g/mol. The summed E-state index contributed by atoms with van der Waals surface area (Å²) in [6.07, 6.45) is 0. The number of nitro groups is 1. The number of sulfonamides is 1. The number of nitrogens with zero attached hydrogens (tertiary/aromatic N) is 2. The minimum Gasteiger partial charge on any atom is -0.258 e. The molecule has 0 atom stereocenters. The van der Waals surface area contributed by atoms with Gasteiger partial charge in [0.2, 0.25) is 10.0 Å². The van der Waals surface area contributed by atoms with Crippen molar-refractivity contribution in [1.82, 2.24) is 4.31 Å². The molecule has 0 unspecified atom stereocenters. The molecule has 3 aromatic rings. The quantitative estimate of drug-likeness (QED) is 0.273. The van der Waals surface area contributed by atoms with Gasteiger partial charge in [0, 0.05) is 34.4 Å². The van der Waals surface area contributed by atoms with Crippen LogP contribution in [0.4, 0.5) is 5.69 Å². The van der Waals surface area contributed by atoms with E-state index in [2.05, 4.69) is 47.4 Å². The second-order valence-electron chi connectivity index (χ2n) is 8.35. The third-order valence-corrected chi connectivity index (χ3v) is 8.50. The van der Waals surface area contributed by atoms with E-state index in [4.69, 9.17) is 0 Å². The molecule has 0 N–H and O–H groups in total. The molecule has 4 rings (SSSR count). The van der Waals surface area contributed by atoms with Crippen molar-refractivity contribution in [2.75, 3.05) is 24.6 Å². The van der Waals surface area contributed by atoms with E-state index < -0.39 is 24.8 Å². The first-order chi connectivity index (χ1) is 19.2. The fourth-order valence-corrected chi connectivity index (χ4v) is 5.43. The smallest absolute Gasteiger partial charge is 0.258 e. The molecule has 40 heavy (non-hydrogen) atoms. The zero-order valence-corrected chi connectivity index (χ0v) is 22.6. The lowest BCUT2D eigenvalue weighted by atomic mass is 10.1. The molecule has 0 spiro atoms. The van der Waals surface area contributed by atoms with Crippen LogP contribution >= 0.6 is 0 Å². The zero-order valence-electron chi connectivity index (χ0n) is 20.9. The second-order valence-corrected chi connectivity index (χ2v) is 12.4. The Morgan fingerprint density at radius 2 is 1.07 bits per heavy atom. The fourth-order valence-electron chi connectivity index (χ4n) is 3.50. The molecular weight excluding hydrogens is 548 g/mol. The van der Waals surface area contributed by atoms with Crippen LogP contribution in [0.5, 0.6) is 0 Å². The number of benzene rings is 3. The Balaban J connectivity index is 1.78. The second kappa shape index (κ2) is 12.3. The maximum Gasteiger partial charge on any atom is 0.269 e. The van der Waals surface area contributed by atoms with Crippen LogP contribution in [-0.4, -0.2) is 50.7 Å². The summed E-state index contributed by atoms with van der Waals surface area (Å²) in [6, 6.07) is 18.3. The maximum absolute atomic E-state index is 13.5. The molecule has 1 aliphatic rings. The van der Waals surface area contributed by atoms with Gasteiger partial charge in [-0.2, -0.15) is 4.31 Å². The Labute approximate surface area is 233 Å². The highest BCUT2D eigenvalue weighted by atomic mass is 32.2. The summed E-state index contributed by atoms with van der Waals surface area (Å²) in [5.74, 6) is 21.8. The van der Waals surface area contributed by atoms with Gasteiger partial charge in [-0.3, -0.25) is 10.1 Å². The van der Waals surface area contributed by atoms with Gasteiger partial charge < -0.3 is 0 Å². The van der Waals surface area contributed by atoms with Crippen molar-refractivity contribution in [3.8, 4) is 47.4 Å². The van der Waals surface area contributed by atoms with Gasteiger partial charge >= 0.3 is 0 Å². The first kappa shape index (κ1) is 28.2. The van der Waals surface area contributed by atoms with Crippen molar-refractivity contribution in [3.05, 3.63) is 105 Å². The Morgan fingerprint density at radius 1 is 0.675 bits per heavy atom. The third kappa shape index (κ3) is 7.17. The van der Waals surface area contributed by atoms with Crippen LogP contribution in [0.2, 0.25) is 0 Å². The summed E-state index contributed by atoms with van der Waals surface area (Å²) >= 11 is 0. The highest BCUT2D eigenvalue weighted by Crippen LogP contribution is 2.19. The molecule has 0 bridgehead atoms. The van der Waals surface area contributed by atoms with Crippen LogP contribution < -0.4 is 0 Å². The average Bonchev–Trinajstić information content (AvgIpc) is 2.93. The van der Waals surface area contributed by atoms with E-state index in [9.17, 15) is 26.9 Å². The highest BCUT2D eigenvalue weighted by Gasteiger charge is 2.24. The normalized spacial score (nSPS) is 14.8. The molecular formula is C30H20N2O6S2. The van der Waals surface area contributed by atoms with Gasteiger partial charge in [0.15, 0.2) is 9.84 Å². The third-order valence-electron chi connectivity index (χ3n) is 5.53. The van der Waals surface area contributed by atoms with Crippen LogP contribution in [-0.2, 0) is 19.9 Å². The van der Waals surface area contributed by atoms with Gasteiger partial charge in [0.25, 0.3) is 5.69 Å². The molecule has 0 fully saturated rings. The van der Waals surface area contributed by atoms with E-state index in [-0.39, 0.29) is 35.2 Å². The van der Waals surface area contributed by atoms with Crippen LogP contribution in [0, 0.1) is 57.5 Å². The summed E-state index contributed by atoms with van der Waals surface area (Å²) < 4.78 is 52.9. The predicted molar refractivity (Wildman–Crippen MR) is 151 cm³/mol. The van der Waals surface area contributed by atoms with E-state index in [1.54, 1.807) is 48.5 Å². The molecule has 198 valence electrons. The molecule has 8 nitrogen and oxygen atoms in total. The lowest BCUT2D eigenvalue weighted by molar-refractivity contribution is -0.384. The van der Waals surface area contributed by atoms with Gasteiger partial charge in [-0.15, -0.1) is 0 Å². The molecule has 0 aliphatic carbocycles. The maximum atomic E-state index is 13.5. The van der Waals surface area contributed by atoms with Crippen molar-refractivity contribution >= 4 is 25.5 Å².